The molecule has 15 rings (SSSR count). The van der Waals surface area contributed by atoms with Crippen LogP contribution in [0.4, 0.5) is 0 Å². The van der Waals surface area contributed by atoms with E-state index in [9.17, 15) is 0 Å². The first-order valence-corrected chi connectivity index (χ1v) is 24.5. The number of para-hydroxylation sites is 2. The standard InChI is InChI=1S/C65H38N2O2S/c1-3-13-39(14-4-1)55-35-44(42-25-30-49-48-17-7-9-22-59(48)69-62(49)38-42)36-56(66-55)52-21-12-23-61-64(52)54-34-41(28-32-60(54)68-61)40-27-31-57-53(33-40)47-29-26-43(37-58(47)67(57)45-15-5-2-6-16-45)46-19-11-20-51-50-18-8-10-24-63(50)70-65(46)51/h1-38H. The van der Waals surface area contributed by atoms with Crippen molar-refractivity contribution in [1.29, 1.82) is 0 Å². The number of pyridine rings is 1. The number of furan rings is 2. The fourth-order valence-corrected chi connectivity index (χ4v) is 12.2. The maximum Gasteiger partial charge on any atom is 0.136 e. The molecule has 0 amide bonds. The van der Waals surface area contributed by atoms with Crippen molar-refractivity contribution in [2.75, 3.05) is 0 Å². The lowest BCUT2D eigenvalue weighted by Crippen LogP contribution is -1.93. The van der Waals surface area contributed by atoms with Gasteiger partial charge in [-0.25, -0.2) is 4.98 Å². The predicted octanol–water partition coefficient (Wildman–Crippen LogP) is 18.7. The molecule has 0 aliphatic carbocycles. The third kappa shape index (κ3) is 6.05. The molecule has 0 spiro atoms. The van der Waals surface area contributed by atoms with Gasteiger partial charge in [0.15, 0.2) is 0 Å². The molecule has 0 saturated carbocycles. The minimum Gasteiger partial charge on any atom is -0.456 e. The highest BCUT2D eigenvalue weighted by atomic mass is 32.1. The summed E-state index contributed by atoms with van der Waals surface area (Å²) in [5, 5.41) is 9.35. The van der Waals surface area contributed by atoms with E-state index in [0.717, 1.165) is 94.3 Å². The van der Waals surface area contributed by atoms with Crippen molar-refractivity contribution in [3.05, 3.63) is 231 Å². The Balaban J connectivity index is 0.885. The summed E-state index contributed by atoms with van der Waals surface area (Å²) in [6, 6.07) is 82.6. The SMILES string of the molecule is c1ccc(-c2cc(-c3ccc4c(c3)oc3ccccc34)cc(-c3cccc4oc5ccc(-c6ccc7c(c6)c6ccc(-c8cccc9c8sc8ccccc89)cc6n7-c6ccccc6)cc5c34)n2)cc1. The van der Waals surface area contributed by atoms with Crippen LogP contribution in [0.3, 0.4) is 0 Å². The lowest BCUT2D eigenvalue weighted by molar-refractivity contribution is 0.668. The monoisotopic (exact) mass is 910 g/mol. The normalized spacial score (nSPS) is 12.0. The first kappa shape index (κ1) is 39.0. The van der Waals surface area contributed by atoms with E-state index < -0.39 is 0 Å². The van der Waals surface area contributed by atoms with Crippen LogP contribution in [0.5, 0.6) is 0 Å². The number of hydrogen-bond acceptors (Lipinski definition) is 4. The molecule has 5 aromatic heterocycles. The second kappa shape index (κ2) is 15.2. The fourth-order valence-electron chi connectivity index (χ4n) is 10.9. The second-order valence-electron chi connectivity index (χ2n) is 18.2. The summed E-state index contributed by atoms with van der Waals surface area (Å²) < 4.78 is 18.1. The van der Waals surface area contributed by atoms with E-state index in [1.165, 1.54) is 53.1 Å². The van der Waals surface area contributed by atoms with Crippen LogP contribution < -0.4 is 0 Å². The van der Waals surface area contributed by atoms with Crippen molar-refractivity contribution in [2.45, 2.75) is 0 Å². The third-order valence-corrected chi connectivity index (χ3v) is 15.4. The topological polar surface area (TPSA) is 44.1 Å². The second-order valence-corrected chi connectivity index (χ2v) is 19.3. The maximum atomic E-state index is 6.64. The molecule has 0 saturated heterocycles. The number of hydrogen-bond donors (Lipinski definition) is 0. The molecule has 5 heteroatoms. The molecule has 0 bridgehead atoms. The van der Waals surface area contributed by atoms with Crippen LogP contribution in [-0.4, -0.2) is 9.55 Å². The van der Waals surface area contributed by atoms with Gasteiger partial charge in [-0.3, -0.25) is 0 Å². The average molecular weight is 911 g/mol. The highest BCUT2D eigenvalue weighted by Gasteiger charge is 2.20. The quantitative estimate of drug-likeness (QED) is 0.167. The van der Waals surface area contributed by atoms with Gasteiger partial charge in [0.25, 0.3) is 0 Å². The molecule has 70 heavy (non-hydrogen) atoms. The lowest BCUT2D eigenvalue weighted by Gasteiger charge is -2.11. The molecule has 0 aliphatic heterocycles. The van der Waals surface area contributed by atoms with Crippen molar-refractivity contribution >= 4 is 97.2 Å². The molecule has 0 radical (unpaired) electrons. The molecule has 326 valence electrons. The summed E-state index contributed by atoms with van der Waals surface area (Å²) in [7, 11) is 0. The lowest BCUT2D eigenvalue weighted by atomic mass is 9.96. The number of fused-ring (bicyclic) bond motifs is 12. The number of nitrogens with zero attached hydrogens (tertiary/aromatic N) is 2. The molecule has 4 nitrogen and oxygen atoms in total. The molecule has 0 N–H and O–H groups in total. The zero-order chi connectivity index (χ0) is 45.9. The fraction of sp³-hybridized carbons (Fsp3) is 0. The van der Waals surface area contributed by atoms with Crippen molar-refractivity contribution in [3.63, 3.8) is 0 Å². The minimum atomic E-state index is 0.824. The first-order valence-electron chi connectivity index (χ1n) is 23.7. The van der Waals surface area contributed by atoms with Gasteiger partial charge >= 0.3 is 0 Å². The Kier molecular flexibility index (Phi) is 8.49. The van der Waals surface area contributed by atoms with Crippen LogP contribution in [0, 0.1) is 0 Å². The van der Waals surface area contributed by atoms with Gasteiger partial charge in [-0.1, -0.05) is 146 Å². The van der Waals surface area contributed by atoms with Crippen LogP contribution in [0.15, 0.2) is 239 Å². The van der Waals surface area contributed by atoms with Gasteiger partial charge in [-0.15, -0.1) is 11.3 Å². The molecule has 5 heterocycles. The van der Waals surface area contributed by atoms with Gasteiger partial charge in [-0.2, -0.15) is 0 Å². The van der Waals surface area contributed by atoms with E-state index in [4.69, 9.17) is 13.8 Å². The third-order valence-electron chi connectivity index (χ3n) is 14.2. The Labute approximate surface area is 405 Å². The van der Waals surface area contributed by atoms with E-state index in [1.54, 1.807) is 0 Å². The van der Waals surface area contributed by atoms with Gasteiger partial charge in [0.1, 0.15) is 22.3 Å². The largest absolute Gasteiger partial charge is 0.456 e. The van der Waals surface area contributed by atoms with Gasteiger partial charge in [-0.05, 0) is 118 Å². The Morgan fingerprint density at radius 2 is 0.957 bits per heavy atom. The molecule has 10 aromatic carbocycles. The van der Waals surface area contributed by atoms with E-state index >= 15 is 0 Å². The predicted molar refractivity (Wildman–Crippen MR) is 293 cm³/mol. The van der Waals surface area contributed by atoms with E-state index in [1.807, 2.05) is 29.5 Å². The van der Waals surface area contributed by atoms with E-state index in [-0.39, 0.29) is 0 Å². The highest BCUT2D eigenvalue weighted by molar-refractivity contribution is 7.26. The summed E-state index contributed by atoms with van der Waals surface area (Å²) in [4.78, 5) is 5.39. The Morgan fingerprint density at radius 3 is 1.86 bits per heavy atom. The van der Waals surface area contributed by atoms with E-state index in [2.05, 4.69) is 217 Å². The Hall–Kier alpha value is -9.03. The van der Waals surface area contributed by atoms with Gasteiger partial charge in [0.05, 0.1) is 22.4 Å². The van der Waals surface area contributed by atoms with E-state index in [0.29, 0.717) is 0 Å². The maximum absolute atomic E-state index is 6.64. The molecular formula is C65H38N2O2S. The molecule has 0 fully saturated rings. The van der Waals surface area contributed by atoms with Crippen molar-refractivity contribution < 1.29 is 8.83 Å². The molecule has 15 aromatic rings. The number of rotatable bonds is 6. The van der Waals surface area contributed by atoms with Crippen LogP contribution in [0.2, 0.25) is 0 Å². The first-order chi connectivity index (χ1) is 34.7. The Morgan fingerprint density at radius 1 is 0.329 bits per heavy atom. The minimum absolute atomic E-state index is 0.824. The van der Waals surface area contributed by atoms with Gasteiger partial charge in [0, 0.05) is 69.3 Å². The highest BCUT2D eigenvalue weighted by Crippen LogP contribution is 2.44. The van der Waals surface area contributed by atoms with Crippen LogP contribution in [0.25, 0.3) is 147 Å². The number of aromatic nitrogens is 2. The van der Waals surface area contributed by atoms with Crippen molar-refractivity contribution in [1.82, 2.24) is 9.55 Å². The average Bonchev–Trinajstić information content (AvgIpc) is 4.19. The van der Waals surface area contributed by atoms with Crippen molar-refractivity contribution in [2.24, 2.45) is 0 Å². The zero-order valence-electron chi connectivity index (χ0n) is 37.6. The Bertz CT molecular complexity index is 4590. The van der Waals surface area contributed by atoms with Gasteiger partial charge < -0.3 is 13.4 Å². The summed E-state index contributed by atoms with van der Waals surface area (Å²) in [6.07, 6.45) is 0. The zero-order valence-corrected chi connectivity index (χ0v) is 38.4. The molecule has 0 atom stereocenters. The molecule has 0 unspecified atom stereocenters. The summed E-state index contributed by atoms with van der Waals surface area (Å²) in [6.45, 7) is 0. The number of thiophene rings is 1. The summed E-state index contributed by atoms with van der Waals surface area (Å²) in [5.41, 5.74) is 17.6. The molecule has 0 aliphatic rings. The smallest absolute Gasteiger partial charge is 0.136 e. The van der Waals surface area contributed by atoms with Crippen LogP contribution >= 0.6 is 11.3 Å². The van der Waals surface area contributed by atoms with Crippen LogP contribution in [0.1, 0.15) is 0 Å². The summed E-state index contributed by atoms with van der Waals surface area (Å²) >= 11 is 1.87. The van der Waals surface area contributed by atoms with Crippen molar-refractivity contribution in [3.8, 4) is 61.6 Å². The molecular weight excluding hydrogens is 873 g/mol. The number of benzene rings is 10. The van der Waals surface area contributed by atoms with Gasteiger partial charge in [0.2, 0.25) is 0 Å². The summed E-state index contributed by atoms with van der Waals surface area (Å²) in [5.74, 6) is 0. The van der Waals surface area contributed by atoms with Crippen LogP contribution in [-0.2, 0) is 0 Å².